The van der Waals surface area contributed by atoms with E-state index in [9.17, 15) is 13.2 Å². The molecule has 0 unspecified atom stereocenters. The molecule has 154 valence electrons. The minimum Gasteiger partial charge on any atom is -0.475 e. The van der Waals surface area contributed by atoms with Crippen LogP contribution >= 0.6 is 11.3 Å². The molecule has 1 saturated heterocycles. The van der Waals surface area contributed by atoms with Crippen LogP contribution in [0.15, 0.2) is 12.1 Å². The molecule has 2 atom stereocenters. The molecule has 2 aliphatic rings. The number of carboxylic acid groups (broad SMARTS) is 1. The Labute approximate surface area is 161 Å². The van der Waals surface area contributed by atoms with Crippen LogP contribution in [0.2, 0.25) is 0 Å². The van der Waals surface area contributed by atoms with Gasteiger partial charge in [0.2, 0.25) is 0 Å². The maximum Gasteiger partial charge on any atom is 0.490 e. The number of nitrogens with zero attached hydrogens (tertiary/aromatic N) is 1. The maximum atomic E-state index is 10.6. The number of hydrogen-bond acceptors (Lipinski definition) is 5. The number of alkyl halides is 3. The van der Waals surface area contributed by atoms with Crippen molar-refractivity contribution in [3.8, 4) is 0 Å². The van der Waals surface area contributed by atoms with Crippen molar-refractivity contribution < 1.29 is 32.5 Å². The summed E-state index contributed by atoms with van der Waals surface area (Å²) in [6, 6.07) is 4.49. The fourth-order valence-electron chi connectivity index (χ4n) is 3.76. The summed E-state index contributed by atoms with van der Waals surface area (Å²) in [6.07, 6.45) is -1.36. The van der Waals surface area contributed by atoms with E-state index in [4.69, 9.17) is 19.4 Å². The molecule has 1 saturated carbocycles. The molecule has 5 nitrogen and oxygen atoms in total. The highest BCUT2D eigenvalue weighted by atomic mass is 32.1. The summed E-state index contributed by atoms with van der Waals surface area (Å²) < 4.78 is 43.4. The number of ether oxygens (including phenoxy) is 2. The van der Waals surface area contributed by atoms with Gasteiger partial charge in [-0.25, -0.2) is 4.79 Å². The average Bonchev–Trinajstić information content (AvgIpc) is 3.15. The molecule has 3 rings (SSSR count). The van der Waals surface area contributed by atoms with E-state index in [1.165, 1.54) is 29.0 Å². The highest BCUT2D eigenvalue weighted by molar-refractivity contribution is 7.11. The van der Waals surface area contributed by atoms with Gasteiger partial charge < -0.3 is 14.6 Å². The Morgan fingerprint density at radius 3 is 2.74 bits per heavy atom. The Morgan fingerprint density at radius 2 is 2.19 bits per heavy atom. The Morgan fingerprint density at radius 1 is 1.48 bits per heavy atom. The predicted molar refractivity (Wildman–Crippen MR) is 95.9 cm³/mol. The molecule has 0 aromatic carbocycles. The lowest BCUT2D eigenvalue weighted by molar-refractivity contribution is -0.192. The largest absolute Gasteiger partial charge is 0.490 e. The number of carboxylic acids is 1. The standard InChI is InChI=1S/C16H25NO2S.C2HF3O2/c1-13-5-6-15(20-13)10-17-8-9-19-16(12-17)7-3-4-14(16)11-18-2;3-2(4,5)1(6)7/h5-6,14H,3-4,7-12H2,1-2H3;(H,6,7)/t14-,16+;/m0./s1. The van der Waals surface area contributed by atoms with E-state index in [1.54, 1.807) is 7.11 Å². The van der Waals surface area contributed by atoms with Crippen molar-refractivity contribution in [1.82, 2.24) is 4.90 Å². The first-order chi connectivity index (χ1) is 12.7. The van der Waals surface area contributed by atoms with Crippen molar-refractivity contribution in [2.45, 2.75) is 44.5 Å². The molecule has 1 aromatic heterocycles. The van der Waals surface area contributed by atoms with Crippen LogP contribution in [0.1, 0.15) is 29.0 Å². The zero-order valence-corrected chi connectivity index (χ0v) is 16.4. The Balaban J connectivity index is 0.000000321. The molecular formula is C18H26F3NO4S. The highest BCUT2D eigenvalue weighted by Gasteiger charge is 2.46. The van der Waals surface area contributed by atoms with Crippen molar-refractivity contribution in [3.63, 3.8) is 0 Å². The summed E-state index contributed by atoms with van der Waals surface area (Å²) in [6.45, 7) is 7.08. The summed E-state index contributed by atoms with van der Waals surface area (Å²) in [5.74, 6) is -2.19. The van der Waals surface area contributed by atoms with E-state index in [1.807, 2.05) is 11.3 Å². The number of carbonyl (C=O) groups is 1. The molecule has 2 heterocycles. The number of aliphatic carboxylic acids is 1. The maximum absolute atomic E-state index is 10.6. The zero-order chi connectivity index (χ0) is 20.1. The summed E-state index contributed by atoms with van der Waals surface area (Å²) in [4.78, 5) is 14.3. The Kier molecular flexibility index (Phi) is 7.67. The molecule has 2 fully saturated rings. The van der Waals surface area contributed by atoms with Gasteiger partial charge in [0.25, 0.3) is 0 Å². The molecule has 1 aliphatic heterocycles. The molecule has 0 amide bonds. The Bertz CT molecular complexity index is 622. The van der Waals surface area contributed by atoms with Gasteiger partial charge in [-0.3, -0.25) is 4.90 Å². The first-order valence-electron chi connectivity index (χ1n) is 8.87. The van der Waals surface area contributed by atoms with Crippen LogP contribution in [-0.2, 0) is 20.8 Å². The second-order valence-electron chi connectivity index (χ2n) is 6.98. The van der Waals surface area contributed by atoms with Crippen LogP contribution < -0.4 is 0 Å². The normalized spacial score (nSPS) is 26.0. The van der Waals surface area contributed by atoms with Gasteiger partial charge >= 0.3 is 12.1 Å². The number of halogens is 3. The van der Waals surface area contributed by atoms with Crippen molar-refractivity contribution in [2.75, 3.05) is 33.4 Å². The number of aryl methyl sites for hydroxylation is 1. The van der Waals surface area contributed by atoms with Crippen molar-refractivity contribution >= 4 is 17.3 Å². The second-order valence-corrected chi connectivity index (χ2v) is 8.36. The number of thiophene rings is 1. The van der Waals surface area contributed by atoms with Crippen LogP contribution in [0.3, 0.4) is 0 Å². The molecule has 1 N–H and O–H groups in total. The van der Waals surface area contributed by atoms with E-state index in [-0.39, 0.29) is 5.60 Å². The molecule has 0 bridgehead atoms. The van der Waals surface area contributed by atoms with E-state index < -0.39 is 12.1 Å². The third kappa shape index (κ3) is 6.17. The molecule has 1 spiro atoms. The Hall–Kier alpha value is -1.16. The third-order valence-corrected chi connectivity index (χ3v) is 5.96. The zero-order valence-electron chi connectivity index (χ0n) is 15.6. The fraction of sp³-hybridized carbons (Fsp3) is 0.722. The number of morpholine rings is 1. The molecular weight excluding hydrogens is 383 g/mol. The van der Waals surface area contributed by atoms with E-state index >= 15 is 0 Å². The number of rotatable bonds is 4. The predicted octanol–water partition coefficient (Wildman–Crippen LogP) is 3.71. The minimum absolute atomic E-state index is 0.0561. The van der Waals surface area contributed by atoms with E-state index in [0.29, 0.717) is 5.92 Å². The van der Waals surface area contributed by atoms with Gasteiger partial charge in [-0.1, -0.05) is 6.42 Å². The quantitative estimate of drug-likeness (QED) is 0.822. The topological polar surface area (TPSA) is 59.0 Å². The highest BCUT2D eigenvalue weighted by Crippen LogP contribution is 2.41. The molecule has 0 radical (unpaired) electrons. The smallest absolute Gasteiger partial charge is 0.475 e. The summed E-state index contributed by atoms with van der Waals surface area (Å²) in [7, 11) is 1.81. The molecule has 27 heavy (non-hydrogen) atoms. The molecule has 9 heteroatoms. The van der Waals surface area contributed by atoms with Crippen molar-refractivity contribution in [2.24, 2.45) is 5.92 Å². The monoisotopic (exact) mass is 409 g/mol. The fourth-order valence-corrected chi connectivity index (χ4v) is 4.69. The lowest BCUT2D eigenvalue weighted by Gasteiger charge is -2.44. The van der Waals surface area contributed by atoms with Gasteiger partial charge in [0.05, 0.1) is 18.8 Å². The van der Waals surface area contributed by atoms with Gasteiger partial charge in [0.15, 0.2) is 0 Å². The van der Waals surface area contributed by atoms with Gasteiger partial charge in [-0.2, -0.15) is 13.2 Å². The lowest BCUT2D eigenvalue weighted by Crippen LogP contribution is -2.54. The van der Waals surface area contributed by atoms with Gasteiger partial charge in [0, 0.05) is 42.4 Å². The number of hydrogen-bond donors (Lipinski definition) is 1. The second kappa shape index (κ2) is 9.36. The first-order valence-corrected chi connectivity index (χ1v) is 9.68. The van der Waals surface area contributed by atoms with Crippen molar-refractivity contribution in [3.05, 3.63) is 21.9 Å². The van der Waals surface area contributed by atoms with Gasteiger partial charge in [-0.05, 0) is 31.9 Å². The van der Waals surface area contributed by atoms with E-state index in [2.05, 4.69) is 24.0 Å². The van der Waals surface area contributed by atoms with Gasteiger partial charge in [-0.15, -0.1) is 11.3 Å². The van der Waals surface area contributed by atoms with Gasteiger partial charge in [0.1, 0.15) is 0 Å². The third-order valence-electron chi connectivity index (χ3n) is 4.97. The SMILES string of the molecule is COC[C@@H]1CCC[C@@]12CN(Cc1ccc(C)s1)CCO2.O=C(O)C(F)(F)F. The van der Waals surface area contributed by atoms with Crippen LogP contribution in [0, 0.1) is 12.8 Å². The number of methoxy groups -OCH3 is 1. The summed E-state index contributed by atoms with van der Waals surface area (Å²) >= 11 is 1.92. The lowest BCUT2D eigenvalue weighted by atomic mass is 9.89. The van der Waals surface area contributed by atoms with Crippen LogP contribution in [-0.4, -0.2) is 61.2 Å². The molecule has 1 aliphatic carbocycles. The average molecular weight is 409 g/mol. The van der Waals surface area contributed by atoms with Crippen LogP contribution in [0.4, 0.5) is 13.2 Å². The van der Waals surface area contributed by atoms with E-state index in [0.717, 1.165) is 32.8 Å². The summed E-state index contributed by atoms with van der Waals surface area (Å²) in [5, 5.41) is 7.12. The minimum atomic E-state index is -5.08. The first kappa shape index (κ1) is 22.1. The van der Waals surface area contributed by atoms with Crippen molar-refractivity contribution in [1.29, 1.82) is 0 Å². The summed E-state index contributed by atoms with van der Waals surface area (Å²) in [5.41, 5.74) is 0.0561. The van der Waals surface area contributed by atoms with Crippen LogP contribution in [0.25, 0.3) is 0 Å². The molecule has 1 aromatic rings. The van der Waals surface area contributed by atoms with Crippen LogP contribution in [0.5, 0.6) is 0 Å².